The first-order chi connectivity index (χ1) is 9.20. The molecule has 19 heavy (non-hydrogen) atoms. The minimum absolute atomic E-state index is 0.422. The van der Waals surface area contributed by atoms with Crippen LogP contribution >= 0.6 is 0 Å². The minimum Gasteiger partial charge on any atom is -0.380 e. The van der Waals surface area contributed by atoms with Gasteiger partial charge in [-0.2, -0.15) is 0 Å². The molecule has 0 amide bonds. The molecule has 1 aromatic carbocycles. The zero-order valence-electron chi connectivity index (χ0n) is 12.1. The Hall–Kier alpha value is -0.900. The second-order valence-electron chi connectivity index (χ2n) is 5.69. The largest absolute Gasteiger partial charge is 0.380 e. The number of nitrogens with zero attached hydrogens (tertiary/aromatic N) is 1. The lowest BCUT2D eigenvalue weighted by Crippen LogP contribution is -2.38. The van der Waals surface area contributed by atoms with Gasteiger partial charge in [0.05, 0.1) is 6.61 Å². The predicted octanol–water partition coefficient (Wildman–Crippen LogP) is 2.53. The average Bonchev–Trinajstić information content (AvgIpc) is 2.42. The molecule has 0 aromatic heterocycles. The lowest BCUT2D eigenvalue weighted by molar-refractivity contribution is 0.168. The van der Waals surface area contributed by atoms with Gasteiger partial charge in [0.2, 0.25) is 0 Å². The number of benzene rings is 1. The Morgan fingerprint density at radius 3 is 2.42 bits per heavy atom. The number of methoxy groups -OCH3 is 1. The Morgan fingerprint density at radius 1 is 1.16 bits per heavy atom. The van der Waals surface area contributed by atoms with E-state index < -0.39 is 0 Å². The first kappa shape index (κ1) is 14.5. The summed E-state index contributed by atoms with van der Waals surface area (Å²) < 4.78 is 5.27. The first-order valence-corrected chi connectivity index (χ1v) is 7.22. The lowest BCUT2D eigenvalue weighted by atomic mass is 9.90. The van der Waals surface area contributed by atoms with E-state index in [-0.39, 0.29) is 0 Å². The third kappa shape index (κ3) is 4.03. The summed E-state index contributed by atoms with van der Waals surface area (Å²) in [6, 6.07) is 9.65. The van der Waals surface area contributed by atoms with Crippen molar-refractivity contribution in [2.45, 2.75) is 50.9 Å². The Kier molecular flexibility index (Phi) is 5.37. The third-order valence-electron chi connectivity index (χ3n) is 4.20. The molecular formula is C16H26N2O. The smallest absolute Gasteiger partial charge is 0.0716 e. The monoisotopic (exact) mass is 262 g/mol. The molecule has 2 rings (SSSR count). The summed E-state index contributed by atoms with van der Waals surface area (Å²) in [4.78, 5) is 2.47. The van der Waals surface area contributed by atoms with Gasteiger partial charge in [0.25, 0.3) is 0 Å². The normalized spacial score (nSPS) is 23.8. The molecule has 106 valence electrons. The molecule has 0 bridgehead atoms. The molecule has 1 aliphatic carbocycles. The molecule has 0 saturated heterocycles. The summed E-state index contributed by atoms with van der Waals surface area (Å²) in [5.74, 6) is 0. The first-order valence-electron chi connectivity index (χ1n) is 7.22. The average molecular weight is 262 g/mol. The van der Waals surface area contributed by atoms with E-state index in [4.69, 9.17) is 10.5 Å². The topological polar surface area (TPSA) is 38.5 Å². The molecule has 3 heteroatoms. The van der Waals surface area contributed by atoms with Crippen molar-refractivity contribution in [1.82, 2.24) is 4.90 Å². The van der Waals surface area contributed by atoms with Gasteiger partial charge in [-0.15, -0.1) is 0 Å². The SMILES string of the molecule is COCc1ccccc1CN(C)C1CCC(N)CC1. The highest BCUT2D eigenvalue weighted by atomic mass is 16.5. The van der Waals surface area contributed by atoms with Crippen LogP contribution in [-0.2, 0) is 17.9 Å². The van der Waals surface area contributed by atoms with Crippen LogP contribution in [0.25, 0.3) is 0 Å². The summed E-state index contributed by atoms with van der Waals surface area (Å²) in [5, 5.41) is 0. The van der Waals surface area contributed by atoms with Crippen molar-refractivity contribution in [3.05, 3.63) is 35.4 Å². The number of ether oxygens (including phenoxy) is 1. The van der Waals surface area contributed by atoms with Crippen molar-refractivity contribution >= 4 is 0 Å². The Balaban J connectivity index is 1.96. The maximum Gasteiger partial charge on any atom is 0.0716 e. The van der Waals surface area contributed by atoms with Gasteiger partial charge < -0.3 is 10.5 Å². The van der Waals surface area contributed by atoms with Gasteiger partial charge in [-0.3, -0.25) is 4.90 Å². The van der Waals surface area contributed by atoms with Crippen LogP contribution in [0.5, 0.6) is 0 Å². The molecule has 1 aromatic rings. The standard InChI is InChI=1S/C16H26N2O/c1-18(16-9-7-15(17)8-10-16)11-13-5-3-4-6-14(13)12-19-2/h3-6,15-16H,7-12,17H2,1-2H3. The van der Waals surface area contributed by atoms with Crippen molar-refractivity contribution in [1.29, 1.82) is 0 Å². The van der Waals surface area contributed by atoms with Gasteiger partial charge in [0.1, 0.15) is 0 Å². The fourth-order valence-electron chi connectivity index (χ4n) is 2.95. The Bertz CT molecular complexity index is 386. The highest BCUT2D eigenvalue weighted by Gasteiger charge is 2.22. The molecule has 1 saturated carbocycles. The van der Waals surface area contributed by atoms with Crippen LogP contribution in [0, 0.1) is 0 Å². The second-order valence-corrected chi connectivity index (χ2v) is 5.69. The molecule has 3 nitrogen and oxygen atoms in total. The van der Waals surface area contributed by atoms with E-state index in [2.05, 4.69) is 36.2 Å². The van der Waals surface area contributed by atoms with E-state index in [1.54, 1.807) is 7.11 Å². The van der Waals surface area contributed by atoms with Gasteiger partial charge >= 0.3 is 0 Å². The van der Waals surface area contributed by atoms with Crippen molar-refractivity contribution in [2.75, 3.05) is 14.2 Å². The van der Waals surface area contributed by atoms with Gasteiger partial charge in [-0.25, -0.2) is 0 Å². The lowest BCUT2D eigenvalue weighted by Gasteiger charge is -2.33. The zero-order chi connectivity index (χ0) is 13.7. The van der Waals surface area contributed by atoms with Crippen LogP contribution in [0.1, 0.15) is 36.8 Å². The molecule has 0 aliphatic heterocycles. The summed E-state index contributed by atoms with van der Waals surface area (Å²) >= 11 is 0. The van der Waals surface area contributed by atoms with E-state index in [1.807, 2.05) is 0 Å². The molecule has 0 radical (unpaired) electrons. The van der Waals surface area contributed by atoms with Crippen molar-refractivity contribution in [3.8, 4) is 0 Å². The highest BCUT2D eigenvalue weighted by Crippen LogP contribution is 2.23. The molecular weight excluding hydrogens is 236 g/mol. The van der Waals surface area contributed by atoms with E-state index in [0.717, 1.165) is 19.4 Å². The number of nitrogens with two attached hydrogens (primary N) is 1. The van der Waals surface area contributed by atoms with Crippen molar-refractivity contribution in [3.63, 3.8) is 0 Å². The van der Waals surface area contributed by atoms with Gasteiger partial charge in [0, 0.05) is 25.7 Å². The Morgan fingerprint density at radius 2 is 1.79 bits per heavy atom. The second kappa shape index (κ2) is 7.04. The maximum absolute atomic E-state index is 5.98. The molecule has 1 fully saturated rings. The van der Waals surface area contributed by atoms with E-state index >= 15 is 0 Å². The van der Waals surface area contributed by atoms with Gasteiger partial charge in [0.15, 0.2) is 0 Å². The quantitative estimate of drug-likeness (QED) is 0.886. The minimum atomic E-state index is 0.422. The maximum atomic E-state index is 5.98. The summed E-state index contributed by atoms with van der Waals surface area (Å²) in [7, 11) is 3.98. The number of hydrogen-bond donors (Lipinski definition) is 1. The van der Waals surface area contributed by atoms with Crippen LogP contribution in [-0.4, -0.2) is 31.1 Å². The van der Waals surface area contributed by atoms with Crippen molar-refractivity contribution < 1.29 is 4.74 Å². The molecule has 0 spiro atoms. The third-order valence-corrected chi connectivity index (χ3v) is 4.20. The molecule has 0 heterocycles. The van der Waals surface area contributed by atoms with E-state index in [1.165, 1.54) is 24.0 Å². The van der Waals surface area contributed by atoms with Crippen LogP contribution in [0.2, 0.25) is 0 Å². The number of rotatable bonds is 5. The van der Waals surface area contributed by atoms with E-state index in [9.17, 15) is 0 Å². The van der Waals surface area contributed by atoms with Crippen molar-refractivity contribution in [2.24, 2.45) is 5.73 Å². The Labute approximate surface area is 116 Å². The highest BCUT2D eigenvalue weighted by molar-refractivity contribution is 5.26. The predicted molar refractivity (Wildman–Crippen MR) is 78.9 cm³/mol. The van der Waals surface area contributed by atoms with Crippen LogP contribution in [0.4, 0.5) is 0 Å². The van der Waals surface area contributed by atoms with Gasteiger partial charge in [-0.05, 0) is 43.9 Å². The van der Waals surface area contributed by atoms with Crippen LogP contribution in [0.15, 0.2) is 24.3 Å². The summed E-state index contributed by atoms with van der Waals surface area (Å²) in [6.45, 7) is 1.69. The molecule has 0 atom stereocenters. The fourth-order valence-corrected chi connectivity index (χ4v) is 2.95. The fraction of sp³-hybridized carbons (Fsp3) is 0.625. The van der Waals surface area contributed by atoms with Crippen LogP contribution < -0.4 is 5.73 Å². The number of hydrogen-bond acceptors (Lipinski definition) is 3. The van der Waals surface area contributed by atoms with Crippen LogP contribution in [0.3, 0.4) is 0 Å². The van der Waals surface area contributed by atoms with Gasteiger partial charge in [-0.1, -0.05) is 24.3 Å². The summed E-state index contributed by atoms with van der Waals surface area (Å²) in [5.41, 5.74) is 8.65. The van der Waals surface area contributed by atoms with E-state index in [0.29, 0.717) is 18.7 Å². The molecule has 2 N–H and O–H groups in total. The summed E-state index contributed by atoms with van der Waals surface area (Å²) in [6.07, 6.45) is 4.78. The molecule has 1 aliphatic rings. The molecule has 0 unspecified atom stereocenters. The zero-order valence-corrected chi connectivity index (χ0v) is 12.1.